The number of carbonyl (C=O) groups is 1. The van der Waals surface area contributed by atoms with E-state index in [0.717, 1.165) is 11.3 Å². The summed E-state index contributed by atoms with van der Waals surface area (Å²) < 4.78 is 0. The van der Waals surface area contributed by atoms with Gasteiger partial charge in [-0.2, -0.15) is 0 Å². The molecule has 1 aliphatic rings. The molecule has 0 fully saturated rings. The second kappa shape index (κ2) is 3.35. The molecule has 1 aliphatic heterocycles. The molecule has 2 rings (SSSR count). The third kappa shape index (κ3) is 1.46. The van der Waals surface area contributed by atoms with Crippen molar-refractivity contribution in [3.8, 4) is 0 Å². The van der Waals surface area contributed by atoms with Crippen molar-refractivity contribution in [2.45, 2.75) is 0 Å². The Morgan fingerprint density at radius 1 is 1.50 bits per heavy atom. The van der Waals surface area contributed by atoms with Crippen LogP contribution in [-0.2, 0) is 0 Å². The van der Waals surface area contributed by atoms with Gasteiger partial charge in [-0.25, -0.2) is 4.79 Å². The van der Waals surface area contributed by atoms with E-state index in [0.29, 0.717) is 11.6 Å². The smallest absolute Gasteiger partial charge is 0.319 e. The lowest BCUT2D eigenvalue weighted by Gasteiger charge is -2.24. The lowest BCUT2D eigenvalue weighted by atomic mass is 10.1. The summed E-state index contributed by atoms with van der Waals surface area (Å²) in [5.41, 5.74) is 6.97. The molecule has 0 bridgehead atoms. The number of urea groups is 1. The molecule has 4 heteroatoms. The zero-order valence-corrected chi connectivity index (χ0v) is 8.16. The normalized spacial score (nSPS) is 13.9. The molecule has 0 saturated carbocycles. The van der Waals surface area contributed by atoms with Crippen LogP contribution >= 0.6 is 11.6 Å². The van der Waals surface area contributed by atoms with Crippen LogP contribution < -0.4 is 10.6 Å². The van der Waals surface area contributed by atoms with Crippen LogP contribution in [0.2, 0.25) is 5.02 Å². The first-order valence-corrected chi connectivity index (χ1v) is 4.59. The minimum absolute atomic E-state index is 0.446. The van der Waals surface area contributed by atoms with Gasteiger partial charge in [-0.1, -0.05) is 23.8 Å². The predicted octanol–water partition coefficient (Wildman–Crippen LogP) is 2.25. The topological polar surface area (TPSA) is 46.3 Å². The molecule has 2 N–H and O–H groups in total. The van der Waals surface area contributed by atoms with Crippen molar-refractivity contribution in [1.29, 1.82) is 0 Å². The van der Waals surface area contributed by atoms with E-state index in [9.17, 15) is 4.79 Å². The van der Waals surface area contributed by atoms with E-state index in [1.165, 1.54) is 4.90 Å². The van der Waals surface area contributed by atoms with Gasteiger partial charge in [-0.05, 0) is 23.8 Å². The molecule has 1 heterocycles. The maximum Gasteiger partial charge on any atom is 0.319 e. The van der Waals surface area contributed by atoms with Gasteiger partial charge in [0.15, 0.2) is 0 Å². The Morgan fingerprint density at radius 3 is 3.00 bits per heavy atom. The van der Waals surface area contributed by atoms with Crippen LogP contribution in [0.4, 0.5) is 10.5 Å². The Labute approximate surface area is 86.8 Å². The number of anilines is 1. The first-order chi connectivity index (χ1) is 6.68. The van der Waals surface area contributed by atoms with Crippen LogP contribution in [0, 0.1) is 0 Å². The van der Waals surface area contributed by atoms with Crippen molar-refractivity contribution in [3.05, 3.63) is 34.9 Å². The molecule has 72 valence electrons. The number of nitrogens with two attached hydrogens (primary N) is 1. The molecule has 0 atom stereocenters. The van der Waals surface area contributed by atoms with Crippen molar-refractivity contribution < 1.29 is 4.79 Å². The number of amides is 2. The van der Waals surface area contributed by atoms with E-state index in [-0.39, 0.29) is 0 Å². The lowest BCUT2D eigenvalue weighted by Crippen LogP contribution is -2.37. The molecular weight excluding hydrogens is 200 g/mol. The fraction of sp³-hybridized carbons (Fsp3) is 0.100. The third-order valence-corrected chi connectivity index (χ3v) is 2.37. The SMILES string of the molecule is NC(=O)N1CC=Cc2cc(Cl)ccc21. The van der Waals surface area contributed by atoms with Gasteiger partial charge in [-0.15, -0.1) is 0 Å². The molecular formula is C10H9ClN2O. The van der Waals surface area contributed by atoms with Gasteiger partial charge >= 0.3 is 6.03 Å². The van der Waals surface area contributed by atoms with Crippen molar-refractivity contribution in [2.24, 2.45) is 5.73 Å². The van der Waals surface area contributed by atoms with Crippen LogP contribution in [-0.4, -0.2) is 12.6 Å². The van der Waals surface area contributed by atoms with Gasteiger partial charge in [0.2, 0.25) is 0 Å². The van der Waals surface area contributed by atoms with Gasteiger partial charge in [-0.3, -0.25) is 4.90 Å². The number of carbonyl (C=O) groups excluding carboxylic acids is 1. The number of halogens is 1. The average Bonchev–Trinajstić information content (AvgIpc) is 2.16. The van der Waals surface area contributed by atoms with Crippen molar-refractivity contribution in [2.75, 3.05) is 11.4 Å². The second-order valence-corrected chi connectivity index (χ2v) is 3.49. The summed E-state index contributed by atoms with van der Waals surface area (Å²) >= 11 is 5.84. The molecule has 0 spiro atoms. The molecule has 3 nitrogen and oxygen atoms in total. The van der Waals surface area contributed by atoms with Crippen LogP contribution in [0.5, 0.6) is 0 Å². The Balaban J connectivity index is 2.51. The fourth-order valence-electron chi connectivity index (χ4n) is 1.50. The predicted molar refractivity (Wildman–Crippen MR) is 57.4 cm³/mol. The fourth-order valence-corrected chi connectivity index (χ4v) is 1.68. The number of fused-ring (bicyclic) bond motifs is 1. The van der Waals surface area contributed by atoms with Crippen molar-refractivity contribution in [1.82, 2.24) is 0 Å². The summed E-state index contributed by atoms with van der Waals surface area (Å²) in [6.45, 7) is 0.518. The van der Waals surface area contributed by atoms with Gasteiger partial charge in [0.25, 0.3) is 0 Å². The minimum atomic E-state index is -0.446. The standard InChI is InChI=1S/C10H9ClN2O/c11-8-3-4-9-7(6-8)2-1-5-13(9)10(12)14/h1-4,6H,5H2,(H2,12,14). The van der Waals surface area contributed by atoms with Gasteiger partial charge in [0, 0.05) is 11.6 Å². The third-order valence-electron chi connectivity index (χ3n) is 2.13. The van der Waals surface area contributed by atoms with E-state index in [4.69, 9.17) is 17.3 Å². The Kier molecular flexibility index (Phi) is 2.17. The summed E-state index contributed by atoms with van der Waals surface area (Å²) in [5, 5.41) is 0.653. The van der Waals surface area contributed by atoms with E-state index >= 15 is 0 Å². The Hall–Kier alpha value is -1.48. The van der Waals surface area contributed by atoms with Crippen molar-refractivity contribution in [3.63, 3.8) is 0 Å². The zero-order valence-electron chi connectivity index (χ0n) is 7.40. The minimum Gasteiger partial charge on any atom is -0.351 e. The summed E-state index contributed by atoms with van der Waals surface area (Å²) in [7, 11) is 0. The van der Waals surface area contributed by atoms with Gasteiger partial charge in [0.05, 0.1) is 5.69 Å². The number of rotatable bonds is 0. The van der Waals surface area contributed by atoms with Gasteiger partial charge < -0.3 is 5.73 Å². The van der Waals surface area contributed by atoms with E-state index < -0.39 is 6.03 Å². The maximum atomic E-state index is 11.1. The van der Waals surface area contributed by atoms with Crippen LogP contribution in [0.15, 0.2) is 24.3 Å². The number of hydrogen-bond donors (Lipinski definition) is 1. The molecule has 0 unspecified atom stereocenters. The lowest BCUT2D eigenvalue weighted by molar-refractivity contribution is 0.254. The summed E-state index contributed by atoms with van der Waals surface area (Å²) in [6, 6.07) is 4.90. The zero-order chi connectivity index (χ0) is 10.1. The average molecular weight is 209 g/mol. The van der Waals surface area contributed by atoms with Crippen molar-refractivity contribution >= 4 is 29.4 Å². The number of primary amides is 1. The summed E-state index contributed by atoms with van der Waals surface area (Å²) in [5.74, 6) is 0. The van der Waals surface area contributed by atoms with Gasteiger partial charge in [0.1, 0.15) is 0 Å². The molecule has 1 aromatic rings. The monoisotopic (exact) mass is 208 g/mol. The Morgan fingerprint density at radius 2 is 2.29 bits per heavy atom. The molecule has 0 saturated heterocycles. The Bertz CT molecular complexity index is 415. The number of benzene rings is 1. The summed E-state index contributed by atoms with van der Waals surface area (Å²) in [4.78, 5) is 12.6. The largest absolute Gasteiger partial charge is 0.351 e. The van der Waals surface area contributed by atoms with Crippen LogP contribution in [0.25, 0.3) is 6.08 Å². The highest BCUT2D eigenvalue weighted by Gasteiger charge is 2.16. The molecule has 0 radical (unpaired) electrons. The molecule has 2 amide bonds. The number of nitrogens with zero attached hydrogens (tertiary/aromatic N) is 1. The first-order valence-electron chi connectivity index (χ1n) is 4.21. The highest BCUT2D eigenvalue weighted by atomic mass is 35.5. The number of hydrogen-bond acceptors (Lipinski definition) is 1. The highest BCUT2D eigenvalue weighted by Crippen LogP contribution is 2.28. The highest BCUT2D eigenvalue weighted by molar-refractivity contribution is 6.30. The van der Waals surface area contributed by atoms with Crippen LogP contribution in [0.3, 0.4) is 0 Å². The quantitative estimate of drug-likeness (QED) is 0.699. The maximum absolute atomic E-state index is 11.1. The first kappa shape index (κ1) is 9.09. The van der Waals surface area contributed by atoms with E-state index in [1.54, 1.807) is 12.1 Å². The van der Waals surface area contributed by atoms with E-state index in [2.05, 4.69) is 0 Å². The molecule has 0 aliphatic carbocycles. The molecule has 0 aromatic heterocycles. The van der Waals surface area contributed by atoms with E-state index in [1.807, 2.05) is 18.2 Å². The summed E-state index contributed by atoms with van der Waals surface area (Å²) in [6.07, 6.45) is 3.81. The molecule has 14 heavy (non-hydrogen) atoms. The molecule has 1 aromatic carbocycles. The van der Waals surface area contributed by atoms with Crippen LogP contribution in [0.1, 0.15) is 5.56 Å². The second-order valence-electron chi connectivity index (χ2n) is 3.05.